The third-order valence-electron chi connectivity index (χ3n) is 3.00. The monoisotopic (exact) mass is 294 g/mol. The second-order valence-electron chi connectivity index (χ2n) is 4.89. The van der Waals surface area contributed by atoms with Crippen LogP contribution >= 0.6 is 0 Å². The molecule has 118 valence electrons. The minimum Gasteiger partial charge on any atom is -0.494 e. The molecule has 0 spiro atoms. The highest BCUT2D eigenvalue weighted by molar-refractivity contribution is 5.94. The molecule has 0 saturated heterocycles. The van der Waals surface area contributed by atoms with E-state index in [0.29, 0.717) is 25.3 Å². The Kier molecular flexibility index (Phi) is 8.47. The van der Waals surface area contributed by atoms with E-state index in [-0.39, 0.29) is 11.9 Å². The largest absolute Gasteiger partial charge is 0.494 e. The van der Waals surface area contributed by atoms with Gasteiger partial charge in [0.2, 0.25) is 0 Å². The van der Waals surface area contributed by atoms with Gasteiger partial charge in [0.1, 0.15) is 5.75 Å². The van der Waals surface area contributed by atoms with Crippen LogP contribution in [0.4, 0.5) is 0 Å². The van der Waals surface area contributed by atoms with Gasteiger partial charge in [0.15, 0.2) is 0 Å². The van der Waals surface area contributed by atoms with Gasteiger partial charge in [-0.2, -0.15) is 0 Å². The van der Waals surface area contributed by atoms with E-state index in [1.54, 1.807) is 19.2 Å². The first-order valence-electron chi connectivity index (χ1n) is 7.40. The lowest BCUT2D eigenvalue weighted by Crippen LogP contribution is -2.38. The zero-order chi connectivity index (χ0) is 15.5. The Morgan fingerprint density at radius 3 is 2.57 bits per heavy atom. The normalized spacial score (nSPS) is 12.0. The van der Waals surface area contributed by atoms with Crippen molar-refractivity contribution in [1.29, 1.82) is 0 Å². The van der Waals surface area contributed by atoms with Crippen molar-refractivity contribution in [3.8, 4) is 5.75 Å². The molecule has 0 fully saturated rings. The molecule has 0 heterocycles. The molecule has 1 atom stereocenters. The molecule has 1 aromatic carbocycles. The number of likely N-dealkylation sites (N-methyl/N-ethyl adjacent to an activating group) is 1. The van der Waals surface area contributed by atoms with Gasteiger partial charge in [0.25, 0.3) is 5.91 Å². The lowest BCUT2D eigenvalue weighted by atomic mass is 10.2. The molecule has 0 aromatic heterocycles. The molecule has 1 amide bonds. The van der Waals surface area contributed by atoms with Crippen LogP contribution in [0.5, 0.6) is 5.75 Å². The number of rotatable bonds is 10. The maximum atomic E-state index is 12.0. The van der Waals surface area contributed by atoms with Gasteiger partial charge in [-0.05, 0) is 37.7 Å². The average Bonchev–Trinajstić information content (AvgIpc) is 2.50. The van der Waals surface area contributed by atoms with Crippen LogP contribution in [0, 0.1) is 0 Å². The number of nitrogens with one attached hydrogen (secondary N) is 2. The Labute approximate surface area is 127 Å². The maximum absolute atomic E-state index is 12.0. The van der Waals surface area contributed by atoms with E-state index in [1.807, 2.05) is 26.0 Å². The third-order valence-corrected chi connectivity index (χ3v) is 3.00. The van der Waals surface area contributed by atoms with Gasteiger partial charge in [0, 0.05) is 38.3 Å². The van der Waals surface area contributed by atoms with E-state index >= 15 is 0 Å². The molecule has 5 heteroatoms. The first-order valence-corrected chi connectivity index (χ1v) is 7.40. The molecule has 0 saturated carbocycles. The fourth-order valence-corrected chi connectivity index (χ4v) is 1.86. The number of hydrogen-bond acceptors (Lipinski definition) is 4. The molecular formula is C16H26N2O3. The summed E-state index contributed by atoms with van der Waals surface area (Å²) in [6.07, 6.45) is 0.848. The van der Waals surface area contributed by atoms with Gasteiger partial charge in [-0.15, -0.1) is 0 Å². The van der Waals surface area contributed by atoms with Gasteiger partial charge >= 0.3 is 0 Å². The Balaban J connectivity index is 2.36. The quantitative estimate of drug-likeness (QED) is 0.646. The zero-order valence-corrected chi connectivity index (χ0v) is 13.1. The van der Waals surface area contributed by atoms with Gasteiger partial charge in [0.05, 0.1) is 6.61 Å². The van der Waals surface area contributed by atoms with E-state index in [4.69, 9.17) is 9.47 Å². The molecular weight excluding hydrogens is 268 g/mol. The van der Waals surface area contributed by atoms with Crippen LogP contribution in [0.2, 0.25) is 0 Å². The summed E-state index contributed by atoms with van der Waals surface area (Å²) < 4.78 is 10.5. The molecule has 1 aromatic rings. The Bertz CT molecular complexity index is 406. The minimum atomic E-state index is -0.0642. The predicted octanol–water partition coefficient (Wildman–Crippen LogP) is 1.83. The highest BCUT2D eigenvalue weighted by atomic mass is 16.5. The van der Waals surface area contributed by atoms with Crippen molar-refractivity contribution in [3.05, 3.63) is 29.8 Å². The van der Waals surface area contributed by atoms with Crippen LogP contribution in [-0.2, 0) is 4.74 Å². The number of amides is 1. The Morgan fingerprint density at radius 2 is 1.95 bits per heavy atom. The van der Waals surface area contributed by atoms with E-state index in [1.165, 1.54) is 0 Å². The summed E-state index contributed by atoms with van der Waals surface area (Å²) >= 11 is 0. The molecule has 0 radical (unpaired) electrons. The van der Waals surface area contributed by atoms with Crippen LogP contribution in [0.15, 0.2) is 24.3 Å². The van der Waals surface area contributed by atoms with E-state index in [2.05, 4.69) is 10.6 Å². The molecule has 0 aliphatic rings. The van der Waals surface area contributed by atoms with Crippen molar-refractivity contribution in [2.45, 2.75) is 26.3 Å². The summed E-state index contributed by atoms with van der Waals surface area (Å²) in [5.41, 5.74) is 0.642. The lowest BCUT2D eigenvalue weighted by Gasteiger charge is -2.13. The fraction of sp³-hybridized carbons (Fsp3) is 0.562. The van der Waals surface area contributed by atoms with Crippen molar-refractivity contribution >= 4 is 5.91 Å². The third kappa shape index (κ3) is 7.11. The highest BCUT2D eigenvalue weighted by Crippen LogP contribution is 2.12. The standard InChI is InChI=1S/C16H26N2O3/c1-4-17-13(2)12-18-16(19)14-6-8-15(9-7-14)21-11-5-10-20-3/h6-9,13,17H,4-5,10-12H2,1-3H3,(H,18,19)/t13-/m1/s1. The summed E-state index contributed by atoms with van der Waals surface area (Å²) in [5.74, 6) is 0.703. The van der Waals surface area contributed by atoms with Gasteiger partial charge in [-0.3, -0.25) is 4.79 Å². The van der Waals surface area contributed by atoms with Crippen molar-refractivity contribution in [2.75, 3.05) is 33.4 Å². The number of carbonyl (C=O) groups excluding carboxylic acids is 1. The summed E-state index contributed by atoms with van der Waals surface area (Å²) in [7, 11) is 1.67. The molecule has 0 aliphatic carbocycles. The van der Waals surface area contributed by atoms with Crippen LogP contribution in [0.3, 0.4) is 0 Å². The molecule has 5 nitrogen and oxygen atoms in total. The summed E-state index contributed by atoms with van der Waals surface area (Å²) in [4.78, 5) is 12.0. The molecule has 0 unspecified atom stereocenters. The van der Waals surface area contributed by atoms with E-state index in [0.717, 1.165) is 18.7 Å². The highest BCUT2D eigenvalue weighted by Gasteiger charge is 2.07. The molecule has 21 heavy (non-hydrogen) atoms. The lowest BCUT2D eigenvalue weighted by molar-refractivity contribution is 0.0950. The van der Waals surface area contributed by atoms with Crippen LogP contribution in [-0.4, -0.2) is 45.4 Å². The average molecular weight is 294 g/mol. The number of methoxy groups -OCH3 is 1. The van der Waals surface area contributed by atoms with Gasteiger partial charge in [-0.1, -0.05) is 6.92 Å². The topological polar surface area (TPSA) is 59.6 Å². The minimum absolute atomic E-state index is 0.0642. The second-order valence-corrected chi connectivity index (χ2v) is 4.89. The summed E-state index contributed by atoms with van der Waals surface area (Å²) in [6.45, 7) is 6.89. The van der Waals surface area contributed by atoms with Crippen molar-refractivity contribution in [2.24, 2.45) is 0 Å². The smallest absolute Gasteiger partial charge is 0.251 e. The molecule has 2 N–H and O–H groups in total. The maximum Gasteiger partial charge on any atom is 0.251 e. The Morgan fingerprint density at radius 1 is 1.24 bits per heavy atom. The van der Waals surface area contributed by atoms with Crippen molar-refractivity contribution in [3.63, 3.8) is 0 Å². The van der Waals surface area contributed by atoms with E-state index in [9.17, 15) is 4.79 Å². The van der Waals surface area contributed by atoms with Gasteiger partial charge < -0.3 is 20.1 Å². The second kappa shape index (κ2) is 10.2. The van der Waals surface area contributed by atoms with Gasteiger partial charge in [-0.25, -0.2) is 0 Å². The number of hydrogen-bond donors (Lipinski definition) is 2. The van der Waals surface area contributed by atoms with Crippen molar-refractivity contribution < 1.29 is 14.3 Å². The first kappa shape index (κ1) is 17.5. The van der Waals surface area contributed by atoms with Crippen LogP contribution < -0.4 is 15.4 Å². The van der Waals surface area contributed by atoms with E-state index < -0.39 is 0 Å². The molecule has 1 rings (SSSR count). The molecule has 0 aliphatic heterocycles. The predicted molar refractivity (Wildman–Crippen MR) is 83.9 cm³/mol. The van der Waals surface area contributed by atoms with Crippen LogP contribution in [0.1, 0.15) is 30.6 Å². The Hall–Kier alpha value is -1.59. The molecule has 0 bridgehead atoms. The number of carbonyl (C=O) groups is 1. The fourth-order valence-electron chi connectivity index (χ4n) is 1.86. The number of benzene rings is 1. The SMILES string of the molecule is CCN[C@H](C)CNC(=O)c1ccc(OCCCOC)cc1. The summed E-state index contributed by atoms with van der Waals surface area (Å²) in [5, 5.41) is 6.15. The van der Waals surface area contributed by atoms with Crippen molar-refractivity contribution in [1.82, 2.24) is 10.6 Å². The summed E-state index contributed by atoms with van der Waals surface area (Å²) in [6, 6.07) is 7.45. The first-order chi connectivity index (χ1) is 10.2. The number of ether oxygens (including phenoxy) is 2. The zero-order valence-electron chi connectivity index (χ0n) is 13.1. The van der Waals surface area contributed by atoms with Crippen LogP contribution in [0.25, 0.3) is 0 Å².